The van der Waals surface area contributed by atoms with Crippen molar-refractivity contribution in [1.29, 1.82) is 5.26 Å². The van der Waals surface area contributed by atoms with Crippen molar-refractivity contribution in [3.8, 4) is 29.0 Å². The number of aromatic nitrogens is 2. The maximum Gasteiger partial charge on any atom is 0.174 e. The largest absolute Gasteiger partial charge is 0.497 e. The molecule has 0 radical (unpaired) electrons. The van der Waals surface area contributed by atoms with Crippen LogP contribution in [-0.2, 0) is 0 Å². The van der Waals surface area contributed by atoms with Crippen molar-refractivity contribution < 1.29 is 9.47 Å². The molecule has 0 aliphatic heterocycles. The highest BCUT2D eigenvalue weighted by molar-refractivity contribution is 5.80. The predicted octanol–water partition coefficient (Wildman–Crippen LogP) is 3.14. The van der Waals surface area contributed by atoms with Crippen molar-refractivity contribution >= 4 is 11.0 Å². The maximum atomic E-state index is 8.70. The molecule has 0 aliphatic carbocycles. The first-order valence-corrected chi connectivity index (χ1v) is 6.44. The van der Waals surface area contributed by atoms with E-state index in [1.807, 2.05) is 42.5 Å². The first kappa shape index (κ1) is 13.0. The second kappa shape index (κ2) is 5.55. The van der Waals surface area contributed by atoms with Gasteiger partial charge in [0.05, 0.1) is 23.7 Å². The summed E-state index contributed by atoms with van der Waals surface area (Å²) in [5, 5.41) is 8.70. The van der Waals surface area contributed by atoms with Crippen LogP contribution in [0.15, 0.2) is 42.5 Å². The second-order valence-electron chi connectivity index (χ2n) is 4.41. The molecule has 2 aromatic carbocycles. The molecule has 0 spiro atoms. The number of nitrogens with zero attached hydrogens (tertiary/aromatic N) is 2. The van der Waals surface area contributed by atoms with E-state index in [1.165, 1.54) is 0 Å². The monoisotopic (exact) mass is 279 g/mol. The first-order valence-electron chi connectivity index (χ1n) is 6.44. The lowest BCUT2D eigenvalue weighted by Crippen LogP contribution is -1.97. The summed E-state index contributed by atoms with van der Waals surface area (Å²) in [5.41, 5.74) is 2.63. The molecule has 104 valence electrons. The van der Waals surface area contributed by atoms with Crippen molar-refractivity contribution in [3.05, 3.63) is 42.5 Å². The fourth-order valence-corrected chi connectivity index (χ4v) is 2.14. The first-order chi connectivity index (χ1) is 10.3. The lowest BCUT2D eigenvalue weighted by atomic mass is 10.2. The van der Waals surface area contributed by atoms with E-state index in [2.05, 4.69) is 9.97 Å². The molecule has 0 aliphatic rings. The molecular formula is C16H13N3O2. The van der Waals surface area contributed by atoms with Crippen LogP contribution in [0.5, 0.6) is 11.5 Å². The van der Waals surface area contributed by atoms with E-state index in [0.717, 1.165) is 16.6 Å². The number of benzene rings is 2. The van der Waals surface area contributed by atoms with Gasteiger partial charge in [0, 0.05) is 6.07 Å². The van der Waals surface area contributed by atoms with Gasteiger partial charge in [-0.3, -0.25) is 0 Å². The van der Waals surface area contributed by atoms with Gasteiger partial charge in [0.1, 0.15) is 23.4 Å². The van der Waals surface area contributed by atoms with Gasteiger partial charge >= 0.3 is 0 Å². The smallest absolute Gasteiger partial charge is 0.174 e. The number of aromatic amines is 1. The highest BCUT2D eigenvalue weighted by Crippen LogP contribution is 2.32. The van der Waals surface area contributed by atoms with E-state index in [9.17, 15) is 0 Å². The number of methoxy groups -OCH3 is 1. The average Bonchev–Trinajstić information content (AvgIpc) is 2.96. The van der Waals surface area contributed by atoms with Gasteiger partial charge in [-0.15, -0.1) is 0 Å². The standard InChI is InChI=1S/C16H13N3O2/c1-20-11-6-7-12(15(10-11)21-9-8-17)16-18-13-4-2-3-5-14(13)19-16/h2-7,10H,9H2,1H3,(H,18,19). The Hall–Kier alpha value is -3.00. The van der Waals surface area contributed by atoms with Crippen LogP contribution in [0, 0.1) is 11.3 Å². The number of nitriles is 1. The molecule has 0 amide bonds. The van der Waals surface area contributed by atoms with E-state index in [0.29, 0.717) is 17.3 Å². The number of imidazole rings is 1. The molecule has 3 aromatic rings. The molecule has 1 heterocycles. The van der Waals surface area contributed by atoms with Gasteiger partial charge in [0.2, 0.25) is 0 Å². The third-order valence-corrected chi connectivity index (χ3v) is 3.13. The predicted molar refractivity (Wildman–Crippen MR) is 79.2 cm³/mol. The topological polar surface area (TPSA) is 70.9 Å². The third-order valence-electron chi connectivity index (χ3n) is 3.13. The van der Waals surface area contributed by atoms with Crippen molar-refractivity contribution in [2.75, 3.05) is 13.7 Å². The van der Waals surface area contributed by atoms with Crippen LogP contribution in [0.1, 0.15) is 0 Å². The van der Waals surface area contributed by atoms with Crippen molar-refractivity contribution in [2.45, 2.75) is 0 Å². The molecule has 0 bridgehead atoms. The van der Waals surface area contributed by atoms with Gasteiger partial charge in [0.15, 0.2) is 6.61 Å². The van der Waals surface area contributed by atoms with Crippen LogP contribution >= 0.6 is 0 Å². The van der Waals surface area contributed by atoms with E-state index in [1.54, 1.807) is 13.2 Å². The number of hydrogen-bond acceptors (Lipinski definition) is 4. The van der Waals surface area contributed by atoms with Crippen LogP contribution in [-0.4, -0.2) is 23.7 Å². The molecular weight excluding hydrogens is 266 g/mol. The van der Waals surface area contributed by atoms with Gasteiger partial charge in [-0.1, -0.05) is 12.1 Å². The molecule has 0 saturated heterocycles. The molecule has 0 atom stereocenters. The number of nitrogens with one attached hydrogen (secondary N) is 1. The zero-order valence-electron chi connectivity index (χ0n) is 11.5. The lowest BCUT2D eigenvalue weighted by molar-refractivity contribution is 0.362. The molecule has 21 heavy (non-hydrogen) atoms. The summed E-state index contributed by atoms with van der Waals surface area (Å²) in [4.78, 5) is 7.80. The Labute approximate surface area is 121 Å². The summed E-state index contributed by atoms with van der Waals surface area (Å²) in [6.45, 7) is -0.0274. The zero-order valence-corrected chi connectivity index (χ0v) is 11.5. The SMILES string of the molecule is COc1ccc(-c2nc3ccccc3[nH]2)c(OCC#N)c1. The average molecular weight is 279 g/mol. The zero-order chi connectivity index (χ0) is 14.7. The number of H-pyrrole nitrogens is 1. The minimum absolute atomic E-state index is 0.0274. The van der Waals surface area contributed by atoms with Crippen LogP contribution in [0.4, 0.5) is 0 Å². The van der Waals surface area contributed by atoms with Gasteiger partial charge in [0.25, 0.3) is 0 Å². The number of ether oxygens (including phenoxy) is 2. The Morgan fingerprint density at radius 2 is 2.10 bits per heavy atom. The van der Waals surface area contributed by atoms with Crippen LogP contribution in [0.25, 0.3) is 22.4 Å². The minimum atomic E-state index is -0.0274. The fraction of sp³-hybridized carbons (Fsp3) is 0.125. The highest BCUT2D eigenvalue weighted by atomic mass is 16.5. The quantitative estimate of drug-likeness (QED) is 0.796. The molecule has 1 aromatic heterocycles. The Morgan fingerprint density at radius 1 is 1.24 bits per heavy atom. The Bertz CT molecular complexity index is 785. The Balaban J connectivity index is 2.09. The molecule has 5 nitrogen and oxygen atoms in total. The normalized spacial score (nSPS) is 10.3. The van der Waals surface area contributed by atoms with E-state index >= 15 is 0 Å². The summed E-state index contributed by atoms with van der Waals surface area (Å²) < 4.78 is 10.7. The van der Waals surface area contributed by atoms with Gasteiger partial charge < -0.3 is 14.5 Å². The minimum Gasteiger partial charge on any atom is -0.497 e. The lowest BCUT2D eigenvalue weighted by Gasteiger charge is -2.09. The number of fused-ring (bicyclic) bond motifs is 1. The number of hydrogen-bond donors (Lipinski definition) is 1. The summed E-state index contributed by atoms with van der Waals surface area (Å²) in [6.07, 6.45) is 0. The summed E-state index contributed by atoms with van der Waals surface area (Å²) in [6, 6.07) is 15.2. The molecule has 0 saturated carbocycles. The molecule has 3 rings (SSSR count). The maximum absolute atomic E-state index is 8.70. The van der Waals surface area contributed by atoms with Crippen molar-refractivity contribution in [1.82, 2.24) is 9.97 Å². The second-order valence-corrected chi connectivity index (χ2v) is 4.41. The molecule has 5 heteroatoms. The molecule has 1 N–H and O–H groups in total. The Morgan fingerprint density at radius 3 is 2.86 bits per heavy atom. The summed E-state index contributed by atoms with van der Waals surface area (Å²) >= 11 is 0. The summed E-state index contributed by atoms with van der Waals surface area (Å²) in [7, 11) is 1.59. The van der Waals surface area contributed by atoms with Crippen molar-refractivity contribution in [2.24, 2.45) is 0 Å². The van der Waals surface area contributed by atoms with Gasteiger partial charge in [-0.2, -0.15) is 5.26 Å². The van der Waals surface area contributed by atoms with E-state index in [4.69, 9.17) is 14.7 Å². The van der Waals surface area contributed by atoms with Crippen LogP contribution < -0.4 is 9.47 Å². The van der Waals surface area contributed by atoms with Gasteiger partial charge in [-0.05, 0) is 24.3 Å². The molecule has 0 unspecified atom stereocenters. The van der Waals surface area contributed by atoms with Gasteiger partial charge in [-0.25, -0.2) is 4.98 Å². The van der Waals surface area contributed by atoms with Crippen molar-refractivity contribution in [3.63, 3.8) is 0 Å². The molecule has 0 fully saturated rings. The highest BCUT2D eigenvalue weighted by Gasteiger charge is 2.12. The van der Waals surface area contributed by atoms with Crippen LogP contribution in [0.3, 0.4) is 0 Å². The van der Waals surface area contributed by atoms with Crippen LogP contribution in [0.2, 0.25) is 0 Å². The van der Waals surface area contributed by atoms with E-state index < -0.39 is 0 Å². The number of rotatable bonds is 4. The summed E-state index contributed by atoms with van der Waals surface area (Å²) in [5.74, 6) is 1.93. The third kappa shape index (κ3) is 2.51. The Kier molecular flexibility index (Phi) is 3.44. The van der Waals surface area contributed by atoms with E-state index in [-0.39, 0.29) is 6.61 Å². The fourth-order valence-electron chi connectivity index (χ4n) is 2.14. The number of para-hydroxylation sites is 2.